The number of benzene rings is 2. The normalized spacial score (nSPS) is 7.41. The zero-order chi connectivity index (χ0) is 17.3. The van der Waals surface area contributed by atoms with Crippen molar-refractivity contribution < 1.29 is 61.2 Å². The summed E-state index contributed by atoms with van der Waals surface area (Å²) in [5.74, 6) is 0.644. The molecule has 0 radical (unpaired) electrons. The third kappa shape index (κ3) is 20.4. The fourth-order valence-electron chi connectivity index (χ4n) is 1.50. The first kappa shape index (κ1) is 29.9. The first-order valence-electron chi connectivity index (χ1n) is 7.60. The summed E-state index contributed by atoms with van der Waals surface area (Å²) in [6.45, 7) is 0. The van der Waals surface area contributed by atoms with Crippen LogP contribution < -0.4 is 24.8 Å². The molecule has 0 aliphatic heterocycles. The molecular formula is C22H22Cl2O2Zr-2. The zero-order valence-electron chi connectivity index (χ0n) is 14.7. The molecule has 4 rings (SSSR count). The van der Waals surface area contributed by atoms with Crippen LogP contribution in [0.1, 0.15) is 0 Å². The van der Waals surface area contributed by atoms with Crippen molar-refractivity contribution in [2.24, 2.45) is 0 Å². The van der Waals surface area contributed by atoms with Crippen molar-refractivity contribution in [1.29, 1.82) is 0 Å². The number of halogens is 2. The molecule has 4 aromatic rings. The Hall–Kier alpha value is -1.80. The number of aromatic hydroxyl groups is 2. The molecule has 0 atom stereocenters. The molecule has 142 valence electrons. The first-order valence-corrected chi connectivity index (χ1v) is 7.60. The summed E-state index contributed by atoms with van der Waals surface area (Å²) >= 11 is 0. The Morgan fingerprint density at radius 3 is 0.815 bits per heavy atom. The number of phenols is 2. The van der Waals surface area contributed by atoms with Crippen molar-refractivity contribution in [3.63, 3.8) is 0 Å². The quantitative estimate of drug-likeness (QED) is 0.337. The Morgan fingerprint density at radius 1 is 0.444 bits per heavy atom. The molecule has 0 saturated carbocycles. The van der Waals surface area contributed by atoms with Crippen LogP contribution in [-0.4, -0.2) is 10.2 Å². The Balaban J connectivity index is -0.000000277. The second kappa shape index (κ2) is 22.2. The number of phenolic OH excluding ortho intramolecular Hbond substituents is 2. The molecule has 0 saturated heterocycles. The van der Waals surface area contributed by atoms with E-state index in [1.165, 1.54) is 0 Å². The van der Waals surface area contributed by atoms with Crippen LogP contribution in [0.2, 0.25) is 0 Å². The van der Waals surface area contributed by atoms with Crippen LogP contribution in [0.4, 0.5) is 0 Å². The van der Waals surface area contributed by atoms with E-state index in [2.05, 4.69) is 0 Å². The number of rotatable bonds is 0. The average Bonchev–Trinajstić information content (AvgIpc) is 3.36. The van der Waals surface area contributed by atoms with E-state index in [0.29, 0.717) is 11.5 Å². The molecule has 2 nitrogen and oxygen atoms in total. The van der Waals surface area contributed by atoms with Crippen molar-refractivity contribution in [2.45, 2.75) is 0 Å². The van der Waals surface area contributed by atoms with E-state index in [1.807, 2.05) is 72.8 Å². The van der Waals surface area contributed by atoms with Crippen LogP contribution in [-0.2, 0) is 26.2 Å². The van der Waals surface area contributed by atoms with Gasteiger partial charge >= 0.3 is 26.2 Å². The van der Waals surface area contributed by atoms with Gasteiger partial charge in [-0.05, 0) is 24.3 Å². The molecule has 27 heavy (non-hydrogen) atoms. The van der Waals surface area contributed by atoms with Gasteiger partial charge in [-0.25, -0.2) is 24.3 Å². The molecule has 0 fully saturated rings. The Bertz CT molecular complexity index is 588. The molecule has 0 aromatic heterocycles. The maximum Gasteiger partial charge on any atom is 2.00 e. The van der Waals surface area contributed by atoms with Crippen LogP contribution in [0.25, 0.3) is 0 Å². The van der Waals surface area contributed by atoms with E-state index in [-0.39, 0.29) is 51.0 Å². The van der Waals surface area contributed by atoms with Crippen LogP contribution in [0, 0.1) is 0 Å². The van der Waals surface area contributed by atoms with Crippen LogP contribution in [0.3, 0.4) is 0 Å². The first-order chi connectivity index (χ1) is 11.8. The van der Waals surface area contributed by atoms with E-state index >= 15 is 0 Å². The molecule has 0 bridgehead atoms. The van der Waals surface area contributed by atoms with Gasteiger partial charge in [0.15, 0.2) is 0 Å². The molecule has 5 heteroatoms. The summed E-state index contributed by atoms with van der Waals surface area (Å²) < 4.78 is 0. The number of hydrogen-bond acceptors (Lipinski definition) is 2. The molecule has 0 unspecified atom stereocenters. The second-order valence-electron chi connectivity index (χ2n) is 4.60. The standard InChI is InChI=1S/2C6H6O.2C5H5.2ClH.Zr/c2*7-6-4-2-1-3-5-6;2*1-2-4-5-3-1;;;/h2*1-5,7H;2*1-5H;2*1H;/q;;2*-1;;;+2/p-2. The van der Waals surface area contributed by atoms with Crippen molar-refractivity contribution in [1.82, 2.24) is 0 Å². The minimum atomic E-state index is 0. The van der Waals surface area contributed by atoms with Crippen molar-refractivity contribution in [2.75, 3.05) is 0 Å². The average molecular weight is 481 g/mol. The van der Waals surface area contributed by atoms with Gasteiger partial charge in [0.1, 0.15) is 11.5 Å². The SMILES string of the molecule is Oc1ccccc1.Oc1ccccc1.[Cl-].[Cl-].[Zr+2].c1cc[cH-]c1.c1cc[cH-]c1. The Kier molecular flexibility index (Phi) is 24.7. The van der Waals surface area contributed by atoms with Crippen LogP contribution in [0.5, 0.6) is 11.5 Å². The zero-order valence-corrected chi connectivity index (χ0v) is 18.7. The topological polar surface area (TPSA) is 40.5 Å². The van der Waals surface area contributed by atoms with Gasteiger partial charge in [0, 0.05) is 0 Å². The van der Waals surface area contributed by atoms with Gasteiger partial charge in [-0.15, -0.1) is 0 Å². The Labute approximate surface area is 193 Å². The van der Waals surface area contributed by atoms with Gasteiger partial charge in [0.25, 0.3) is 0 Å². The van der Waals surface area contributed by atoms with E-state index in [9.17, 15) is 0 Å². The van der Waals surface area contributed by atoms with Gasteiger partial charge in [-0.2, -0.15) is 36.4 Å². The van der Waals surface area contributed by atoms with E-state index in [1.54, 1.807) is 48.5 Å². The molecule has 0 spiro atoms. The monoisotopic (exact) mass is 478 g/mol. The van der Waals surface area contributed by atoms with Gasteiger partial charge in [0.2, 0.25) is 0 Å². The maximum absolute atomic E-state index is 8.63. The fourth-order valence-corrected chi connectivity index (χ4v) is 1.50. The Morgan fingerprint density at radius 2 is 0.704 bits per heavy atom. The molecule has 4 aromatic carbocycles. The van der Waals surface area contributed by atoms with Gasteiger partial charge in [-0.3, -0.25) is 0 Å². The molecular weight excluding hydrogens is 458 g/mol. The third-order valence-corrected chi connectivity index (χ3v) is 2.62. The predicted octanol–water partition coefficient (Wildman–Crippen LogP) is -0.399. The predicted molar refractivity (Wildman–Crippen MR) is 100 cm³/mol. The summed E-state index contributed by atoms with van der Waals surface area (Å²) in [5.41, 5.74) is 0. The third-order valence-electron chi connectivity index (χ3n) is 2.62. The van der Waals surface area contributed by atoms with Crippen LogP contribution >= 0.6 is 0 Å². The molecule has 0 aliphatic rings. The number of hydrogen-bond donors (Lipinski definition) is 2. The van der Waals surface area contributed by atoms with Gasteiger partial charge < -0.3 is 35.0 Å². The number of para-hydroxylation sites is 2. The minimum Gasteiger partial charge on any atom is -1.00 e. The molecule has 0 aliphatic carbocycles. The molecule has 0 heterocycles. The van der Waals surface area contributed by atoms with Gasteiger partial charge in [-0.1, -0.05) is 36.4 Å². The largest absolute Gasteiger partial charge is 2.00 e. The van der Waals surface area contributed by atoms with Crippen molar-refractivity contribution in [3.05, 3.63) is 121 Å². The maximum atomic E-state index is 8.63. The van der Waals surface area contributed by atoms with E-state index < -0.39 is 0 Å². The minimum absolute atomic E-state index is 0. The van der Waals surface area contributed by atoms with E-state index in [0.717, 1.165) is 0 Å². The van der Waals surface area contributed by atoms with Crippen LogP contribution in [0.15, 0.2) is 121 Å². The van der Waals surface area contributed by atoms with Crippen molar-refractivity contribution in [3.8, 4) is 11.5 Å². The fraction of sp³-hybridized carbons (Fsp3) is 0. The summed E-state index contributed by atoms with van der Waals surface area (Å²) in [7, 11) is 0. The van der Waals surface area contributed by atoms with Gasteiger partial charge in [0.05, 0.1) is 0 Å². The smallest absolute Gasteiger partial charge is 1.00 e. The summed E-state index contributed by atoms with van der Waals surface area (Å²) in [5, 5.41) is 17.3. The summed E-state index contributed by atoms with van der Waals surface area (Å²) in [4.78, 5) is 0. The molecule has 0 amide bonds. The summed E-state index contributed by atoms with van der Waals surface area (Å²) in [6.07, 6.45) is 0. The summed E-state index contributed by atoms with van der Waals surface area (Å²) in [6, 6.07) is 37.4. The van der Waals surface area contributed by atoms with E-state index in [4.69, 9.17) is 10.2 Å². The molecule has 2 N–H and O–H groups in total. The van der Waals surface area contributed by atoms with Crippen molar-refractivity contribution >= 4 is 0 Å². The second-order valence-corrected chi connectivity index (χ2v) is 4.60.